The van der Waals surface area contributed by atoms with Crippen LogP contribution in [0.25, 0.3) is 5.76 Å². The molecular formula is C22H15ClN2O3. The molecule has 1 aliphatic heterocycles. The van der Waals surface area contributed by atoms with Crippen molar-refractivity contribution in [2.45, 2.75) is 6.04 Å². The van der Waals surface area contributed by atoms with Gasteiger partial charge in [-0.25, -0.2) is 4.98 Å². The third-order valence-corrected chi connectivity index (χ3v) is 4.83. The number of hydrogen-bond donors (Lipinski definition) is 1. The number of pyridine rings is 1. The number of halogens is 1. The van der Waals surface area contributed by atoms with E-state index in [-0.39, 0.29) is 11.3 Å². The zero-order chi connectivity index (χ0) is 19.7. The molecule has 5 nitrogen and oxygen atoms in total. The molecule has 0 bridgehead atoms. The van der Waals surface area contributed by atoms with Crippen molar-refractivity contribution in [1.82, 2.24) is 4.98 Å². The lowest BCUT2D eigenvalue weighted by atomic mass is 9.95. The molecule has 1 aromatic heterocycles. The fraction of sp³-hybridized carbons (Fsp3) is 0.0455. The number of hydrogen-bond acceptors (Lipinski definition) is 4. The Bertz CT molecular complexity index is 1060. The predicted molar refractivity (Wildman–Crippen MR) is 107 cm³/mol. The lowest BCUT2D eigenvalue weighted by Gasteiger charge is -2.24. The number of amides is 1. The van der Waals surface area contributed by atoms with Crippen LogP contribution in [0.15, 0.2) is 84.6 Å². The average molecular weight is 391 g/mol. The van der Waals surface area contributed by atoms with Crippen molar-refractivity contribution in [3.63, 3.8) is 0 Å². The van der Waals surface area contributed by atoms with Crippen molar-refractivity contribution < 1.29 is 14.7 Å². The number of benzene rings is 2. The lowest BCUT2D eigenvalue weighted by Crippen LogP contribution is -2.30. The van der Waals surface area contributed by atoms with Crippen LogP contribution in [-0.4, -0.2) is 21.8 Å². The third kappa shape index (κ3) is 3.06. The molecule has 1 amide bonds. The van der Waals surface area contributed by atoms with E-state index in [1.165, 1.54) is 4.90 Å². The van der Waals surface area contributed by atoms with Gasteiger partial charge in [0.05, 0.1) is 11.6 Å². The van der Waals surface area contributed by atoms with Gasteiger partial charge in [0.1, 0.15) is 11.6 Å². The Kier molecular flexibility index (Phi) is 4.67. The van der Waals surface area contributed by atoms with Gasteiger partial charge >= 0.3 is 5.91 Å². The van der Waals surface area contributed by atoms with E-state index in [4.69, 9.17) is 11.6 Å². The van der Waals surface area contributed by atoms with Crippen LogP contribution >= 0.6 is 11.6 Å². The van der Waals surface area contributed by atoms with Crippen molar-refractivity contribution in [3.8, 4) is 0 Å². The van der Waals surface area contributed by atoms with Gasteiger partial charge in [0, 0.05) is 16.8 Å². The third-order valence-electron chi connectivity index (χ3n) is 4.57. The van der Waals surface area contributed by atoms with E-state index in [0.717, 1.165) is 0 Å². The second-order valence-electron chi connectivity index (χ2n) is 6.27. The van der Waals surface area contributed by atoms with Crippen LogP contribution in [0.1, 0.15) is 17.2 Å². The highest BCUT2D eigenvalue weighted by Gasteiger charge is 2.47. The van der Waals surface area contributed by atoms with Gasteiger partial charge in [0.25, 0.3) is 5.78 Å². The molecular weight excluding hydrogens is 376 g/mol. The summed E-state index contributed by atoms with van der Waals surface area (Å²) in [6.45, 7) is 0. The molecule has 28 heavy (non-hydrogen) atoms. The van der Waals surface area contributed by atoms with Crippen molar-refractivity contribution in [3.05, 3.63) is 101 Å². The molecule has 1 aliphatic rings. The van der Waals surface area contributed by atoms with Crippen LogP contribution in [0.3, 0.4) is 0 Å². The second kappa shape index (κ2) is 7.29. The van der Waals surface area contributed by atoms with Crippen molar-refractivity contribution in [1.29, 1.82) is 0 Å². The van der Waals surface area contributed by atoms with Crippen molar-refractivity contribution >= 4 is 34.9 Å². The molecule has 138 valence electrons. The number of Topliss-reactive ketones (excluding diaryl/α,β-unsaturated/α-hetero) is 1. The summed E-state index contributed by atoms with van der Waals surface area (Å²) in [6, 6.07) is 19.8. The lowest BCUT2D eigenvalue weighted by molar-refractivity contribution is -0.132. The van der Waals surface area contributed by atoms with Crippen molar-refractivity contribution in [2.24, 2.45) is 0 Å². The summed E-state index contributed by atoms with van der Waals surface area (Å²) < 4.78 is 0. The Morgan fingerprint density at radius 1 is 0.929 bits per heavy atom. The number of ketones is 1. The van der Waals surface area contributed by atoms with Crippen LogP contribution in [0.2, 0.25) is 5.02 Å². The normalized spacial score (nSPS) is 18.5. The molecule has 0 saturated carbocycles. The number of nitrogens with zero attached hydrogens (tertiary/aromatic N) is 2. The molecule has 0 aliphatic carbocycles. The predicted octanol–water partition coefficient (Wildman–Crippen LogP) is 4.36. The standard InChI is InChI=1S/C22H15ClN2O3/c23-16-11-9-14(10-12-16)19-18(20(26)15-6-2-1-3-7-15)21(27)22(28)25(19)17-8-4-5-13-24-17/h1-13,19,26H. The Labute approximate surface area is 166 Å². The smallest absolute Gasteiger partial charge is 0.301 e. The zero-order valence-corrected chi connectivity index (χ0v) is 15.4. The molecule has 1 unspecified atom stereocenters. The molecule has 2 aromatic carbocycles. The number of carbonyl (C=O) groups excluding carboxylic acids is 2. The Hall–Kier alpha value is -3.44. The Balaban J connectivity index is 1.95. The summed E-state index contributed by atoms with van der Waals surface area (Å²) in [5.74, 6) is -1.39. The number of aliphatic hydroxyl groups is 1. The van der Waals surface area contributed by atoms with Crippen LogP contribution < -0.4 is 4.90 Å². The molecule has 6 heteroatoms. The fourth-order valence-electron chi connectivity index (χ4n) is 3.28. The van der Waals surface area contributed by atoms with E-state index in [1.54, 1.807) is 79.0 Å². The van der Waals surface area contributed by atoms with Gasteiger partial charge in [-0.1, -0.05) is 60.1 Å². The Morgan fingerprint density at radius 3 is 2.25 bits per heavy atom. The maximum Gasteiger partial charge on any atom is 0.301 e. The molecule has 1 atom stereocenters. The monoisotopic (exact) mass is 390 g/mol. The SMILES string of the molecule is O=C1C(=O)N(c2ccccn2)C(c2ccc(Cl)cc2)C1=C(O)c1ccccc1. The van der Waals surface area contributed by atoms with E-state index in [1.807, 2.05) is 0 Å². The minimum Gasteiger partial charge on any atom is -0.507 e. The Morgan fingerprint density at radius 2 is 1.61 bits per heavy atom. The highest BCUT2D eigenvalue weighted by molar-refractivity contribution is 6.51. The van der Waals surface area contributed by atoms with Crippen LogP contribution in [-0.2, 0) is 9.59 Å². The minimum absolute atomic E-state index is 0.0178. The van der Waals surface area contributed by atoms with E-state index in [9.17, 15) is 14.7 Å². The molecule has 4 rings (SSSR count). The van der Waals surface area contributed by atoms with Gasteiger partial charge in [-0.05, 0) is 29.8 Å². The van der Waals surface area contributed by atoms with Crippen LogP contribution in [0, 0.1) is 0 Å². The summed E-state index contributed by atoms with van der Waals surface area (Å²) in [6.07, 6.45) is 1.55. The second-order valence-corrected chi connectivity index (χ2v) is 6.71. The first-order chi connectivity index (χ1) is 13.6. The molecule has 1 N–H and O–H groups in total. The quantitative estimate of drug-likeness (QED) is 0.410. The maximum atomic E-state index is 12.9. The highest BCUT2D eigenvalue weighted by atomic mass is 35.5. The van der Waals surface area contributed by atoms with Crippen LogP contribution in [0.4, 0.5) is 5.82 Å². The zero-order valence-electron chi connectivity index (χ0n) is 14.6. The minimum atomic E-state index is -0.813. The van der Waals surface area contributed by atoms with Crippen LogP contribution in [0.5, 0.6) is 0 Å². The number of aromatic nitrogens is 1. The maximum absolute atomic E-state index is 12.9. The molecule has 1 saturated heterocycles. The van der Waals surface area contributed by atoms with Gasteiger partial charge < -0.3 is 5.11 Å². The first-order valence-corrected chi connectivity index (χ1v) is 8.98. The summed E-state index contributed by atoms with van der Waals surface area (Å²) in [4.78, 5) is 31.3. The van der Waals surface area contributed by atoms with Gasteiger partial charge in [-0.3, -0.25) is 14.5 Å². The molecule has 1 fully saturated rings. The number of aliphatic hydroxyl groups excluding tert-OH is 1. The largest absolute Gasteiger partial charge is 0.507 e. The van der Waals surface area contributed by atoms with Gasteiger partial charge in [0.15, 0.2) is 0 Å². The highest BCUT2D eigenvalue weighted by Crippen LogP contribution is 2.41. The van der Waals surface area contributed by atoms with E-state index in [0.29, 0.717) is 22.0 Å². The summed E-state index contributed by atoms with van der Waals surface area (Å²) in [5.41, 5.74) is 1.12. The van der Waals surface area contributed by atoms with Gasteiger partial charge in [-0.2, -0.15) is 0 Å². The average Bonchev–Trinajstić information content (AvgIpc) is 3.00. The molecule has 0 spiro atoms. The summed E-state index contributed by atoms with van der Waals surface area (Å²) >= 11 is 6.00. The fourth-order valence-corrected chi connectivity index (χ4v) is 3.40. The van der Waals surface area contributed by atoms with Crippen molar-refractivity contribution in [2.75, 3.05) is 4.90 Å². The molecule has 3 aromatic rings. The first-order valence-electron chi connectivity index (χ1n) is 8.61. The van der Waals surface area contributed by atoms with Gasteiger partial charge in [0.2, 0.25) is 0 Å². The van der Waals surface area contributed by atoms with E-state index >= 15 is 0 Å². The summed E-state index contributed by atoms with van der Waals surface area (Å²) in [7, 11) is 0. The van der Waals surface area contributed by atoms with E-state index < -0.39 is 17.7 Å². The molecule has 2 heterocycles. The van der Waals surface area contributed by atoms with Gasteiger partial charge in [-0.15, -0.1) is 0 Å². The molecule has 0 radical (unpaired) electrons. The number of anilines is 1. The first kappa shape index (κ1) is 17.9. The number of carbonyl (C=O) groups is 2. The van der Waals surface area contributed by atoms with E-state index in [2.05, 4.69) is 4.98 Å². The number of rotatable bonds is 3. The topological polar surface area (TPSA) is 70.5 Å². The summed E-state index contributed by atoms with van der Waals surface area (Å²) in [5, 5.41) is 11.4.